The van der Waals surface area contributed by atoms with Crippen molar-refractivity contribution in [2.75, 3.05) is 53.1 Å². The van der Waals surface area contributed by atoms with Crippen molar-refractivity contribution in [2.45, 2.75) is 31.8 Å². The van der Waals surface area contributed by atoms with Crippen LogP contribution in [0.1, 0.15) is 34.5 Å². The van der Waals surface area contributed by atoms with E-state index >= 15 is 0 Å². The minimum absolute atomic E-state index is 0.148. The van der Waals surface area contributed by atoms with E-state index in [1.165, 1.54) is 0 Å². The van der Waals surface area contributed by atoms with Gasteiger partial charge in [0.1, 0.15) is 29.6 Å². The predicted molar refractivity (Wildman–Crippen MR) is 179 cm³/mol. The molecule has 5 heterocycles. The van der Waals surface area contributed by atoms with Crippen molar-refractivity contribution in [3.8, 4) is 17.3 Å². The number of fused-ring (bicyclic) bond motifs is 12. The second-order valence-corrected chi connectivity index (χ2v) is 12.4. The summed E-state index contributed by atoms with van der Waals surface area (Å²) in [5.74, 6) is 0.584. The van der Waals surface area contributed by atoms with Crippen LogP contribution >= 0.6 is 11.6 Å². The second kappa shape index (κ2) is 16.1. The lowest BCUT2D eigenvalue weighted by molar-refractivity contribution is -0.134. The number of amides is 2. The maximum atomic E-state index is 14.1. The van der Waals surface area contributed by atoms with E-state index in [9.17, 15) is 9.59 Å². The molecule has 1 atom stereocenters. The molecule has 13 heteroatoms. The first-order valence-electron chi connectivity index (χ1n) is 16.2. The summed E-state index contributed by atoms with van der Waals surface area (Å²) in [5, 5.41) is 12.3. The Bertz CT molecular complexity index is 1690. The summed E-state index contributed by atoms with van der Waals surface area (Å²) in [7, 11) is 1.59. The molecule has 2 amide bonds. The summed E-state index contributed by atoms with van der Waals surface area (Å²) in [6.07, 6.45) is 5.15. The van der Waals surface area contributed by atoms with Crippen LogP contribution in [0.15, 0.2) is 73.1 Å². The number of hydrogen-bond acceptors (Lipinski definition) is 9. The molecule has 3 aliphatic rings. The lowest BCUT2D eigenvalue weighted by Crippen LogP contribution is -2.52. The lowest BCUT2D eigenvalue weighted by atomic mass is 9.95. The Kier molecular flexibility index (Phi) is 11.2. The Hall–Kier alpha value is -4.52. The number of hydrogen-bond donors (Lipinski definition) is 1. The van der Waals surface area contributed by atoms with Gasteiger partial charge in [0, 0.05) is 50.4 Å². The number of piperidine rings is 1. The molecule has 1 fully saturated rings. The number of carbonyl (C=O) groups is 2. The highest BCUT2D eigenvalue weighted by atomic mass is 35.5. The van der Waals surface area contributed by atoms with Gasteiger partial charge in [-0.3, -0.25) is 14.5 Å². The summed E-state index contributed by atoms with van der Waals surface area (Å²) < 4.78 is 18.9. The van der Waals surface area contributed by atoms with Crippen LogP contribution in [0.4, 0.5) is 0 Å². The quantitative estimate of drug-likeness (QED) is 0.304. The molecule has 4 aromatic rings. The highest BCUT2D eigenvalue weighted by molar-refractivity contribution is 6.31. The molecule has 48 heavy (non-hydrogen) atoms. The molecule has 1 saturated heterocycles. The fourth-order valence-electron chi connectivity index (χ4n) is 6.17. The average Bonchev–Trinajstić information content (AvgIpc) is 3.58. The number of benzene rings is 2. The van der Waals surface area contributed by atoms with Gasteiger partial charge in [-0.15, -0.1) is 5.10 Å². The second-order valence-electron chi connectivity index (χ2n) is 12.0. The van der Waals surface area contributed by atoms with Crippen LogP contribution in [-0.4, -0.2) is 101 Å². The number of methoxy groups -OCH3 is 1. The van der Waals surface area contributed by atoms with Crippen molar-refractivity contribution in [3.63, 3.8) is 0 Å². The van der Waals surface area contributed by atoms with E-state index in [-0.39, 0.29) is 30.4 Å². The molecule has 0 saturated carbocycles. The van der Waals surface area contributed by atoms with Crippen molar-refractivity contribution in [2.24, 2.45) is 5.92 Å². The zero-order valence-electron chi connectivity index (χ0n) is 27.0. The van der Waals surface area contributed by atoms with Gasteiger partial charge in [-0.2, -0.15) is 0 Å². The monoisotopic (exact) mass is 673 g/mol. The molecular weight excluding hydrogens is 634 g/mol. The van der Waals surface area contributed by atoms with Gasteiger partial charge in [-0.05, 0) is 54.7 Å². The van der Waals surface area contributed by atoms with Gasteiger partial charge in [0.15, 0.2) is 0 Å². The van der Waals surface area contributed by atoms with Crippen LogP contribution in [0, 0.1) is 5.92 Å². The lowest BCUT2D eigenvalue weighted by Gasteiger charge is -2.36. The fourth-order valence-corrected chi connectivity index (χ4v) is 6.36. The predicted octanol–water partition coefficient (Wildman–Crippen LogP) is 3.82. The molecule has 0 spiro atoms. The van der Waals surface area contributed by atoms with Gasteiger partial charge in [0.2, 0.25) is 11.8 Å². The molecule has 7 rings (SSSR count). The van der Waals surface area contributed by atoms with E-state index in [4.69, 9.17) is 25.8 Å². The highest BCUT2D eigenvalue weighted by Gasteiger charge is 2.32. The summed E-state index contributed by atoms with van der Waals surface area (Å²) in [4.78, 5) is 36.3. The smallest absolute Gasteiger partial charge is 0.257 e. The van der Waals surface area contributed by atoms with E-state index in [1.54, 1.807) is 36.3 Å². The number of nitrogens with zero attached hydrogens (tertiary/aromatic N) is 6. The molecule has 0 radical (unpaired) electrons. The number of nitrogens with one attached hydrogen (secondary N) is 1. The number of aromatic nitrogens is 4. The third kappa shape index (κ3) is 8.30. The van der Waals surface area contributed by atoms with Gasteiger partial charge in [0.25, 0.3) is 5.91 Å². The van der Waals surface area contributed by atoms with Gasteiger partial charge in [-0.25, -0.2) is 9.67 Å². The Morgan fingerprint density at radius 2 is 1.79 bits per heavy atom. The summed E-state index contributed by atoms with van der Waals surface area (Å²) in [6, 6.07) is 17.8. The summed E-state index contributed by atoms with van der Waals surface area (Å²) >= 11 is 6.52. The number of carbonyl (C=O) groups excluding carboxylic acids is 2. The third-order valence-corrected chi connectivity index (χ3v) is 9.09. The number of halogens is 1. The number of pyridine rings is 1. The van der Waals surface area contributed by atoms with Crippen LogP contribution in [0.25, 0.3) is 5.69 Å². The average molecular weight is 674 g/mol. The van der Waals surface area contributed by atoms with Crippen LogP contribution in [0.2, 0.25) is 5.02 Å². The van der Waals surface area contributed by atoms with Crippen molar-refractivity contribution in [3.05, 3.63) is 94.9 Å². The largest absolute Gasteiger partial charge is 0.494 e. The number of ether oxygens (including phenoxy) is 3. The molecular formula is C35H40ClN7O5. The Labute approximate surface area is 284 Å². The fraction of sp³-hybridized carbons (Fsp3) is 0.400. The molecule has 2 aromatic carbocycles. The topological polar surface area (TPSA) is 124 Å². The number of rotatable bonds is 6. The maximum absolute atomic E-state index is 14.1. The summed E-state index contributed by atoms with van der Waals surface area (Å²) in [6.45, 7) is 4.52. The first kappa shape index (κ1) is 33.4. The molecule has 0 unspecified atom stereocenters. The minimum atomic E-state index is -0.885. The molecule has 12 nitrogen and oxygen atoms in total. The highest BCUT2D eigenvalue weighted by Crippen LogP contribution is 2.24. The Balaban J connectivity index is 1.23. The normalized spacial score (nSPS) is 19.9. The zero-order valence-corrected chi connectivity index (χ0v) is 27.7. The van der Waals surface area contributed by atoms with Crippen molar-refractivity contribution >= 4 is 23.4 Å². The van der Waals surface area contributed by atoms with Crippen LogP contribution in [-0.2, 0) is 22.5 Å². The van der Waals surface area contributed by atoms with Crippen molar-refractivity contribution in [1.82, 2.24) is 35.1 Å². The van der Waals surface area contributed by atoms with E-state index in [2.05, 4.69) is 31.6 Å². The number of para-hydroxylation sites is 2. The third-order valence-electron chi connectivity index (χ3n) is 8.72. The van der Waals surface area contributed by atoms with Crippen LogP contribution < -0.4 is 14.8 Å². The molecule has 1 N–H and O–H groups in total. The SMILES string of the molecule is COc1ccccc1-n1cc(C[C@H]2NC(=O)c3cccnc3OCCOCCN(Cc3ccccc3Cl)CC3CCN(CC3)C2=O)nn1. The molecule has 2 aromatic heterocycles. The summed E-state index contributed by atoms with van der Waals surface area (Å²) in [5.41, 5.74) is 2.57. The van der Waals surface area contributed by atoms with Crippen LogP contribution in [0.3, 0.4) is 0 Å². The van der Waals surface area contributed by atoms with E-state index < -0.39 is 11.9 Å². The first-order chi connectivity index (χ1) is 23.5. The van der Waals surface area contributed by atoms with Crippen molar-refractivity contribution < 1.29 is 23.8 Å². The first-order valence-corrected chi connectivity index (χ1v) is 16.6. The van der Waals surface area contributed by atoms with E-state index in [0.29, 0.717) is 55.9 Å². The van der Waals surface area contributed by atoms with Gasteiger partial charge >= 0.3 is 0 Å². The Morgan fingerprint density at radius 3 is 2.62 bits per heavy atom. The van der Waals surface area contributed by atoms with E-state index in [1.807, 2.05) is 47.4 Å². The van der Waals surface area contributed by atoms with E-state index in [0.717, 1.165) is 36.5 Å². The zero-order chi connectivity index (χ0) is 33.3. The van der Waals surface area contributed by atoms with Crippen LogP contribution in [0.5, 0.6) is 11.6 Å². The molecule has 2 bridgehead atoms. The van der Waals surface area contributed by atoms with Gasteiger partial charge < -0.3 is 24.4 Å². The standard InChI is InChI=1S/C35H40ClN7O5/c1-46-32-11-5-4-10-31(32)43-24-27(39-40-43)21-30-35(45)42-15-12-25(13-16-42)22-41(23-26-7-2-3-9-29(26)36)17-18-47-19-20-48-34-28(33(44)38-30)8-6-14-37-34/h2-11,14,24-25,30H,12-13,15-23H2,1H3,(H,38,44)/t30-/m1/s1. The maximum Gasteiger partial charge on any atom is 0.257 e. The molecule has 3 aliphatic heterocycles. The van der Waals surface area contributed by atoms with Crippen molar-refractivity contribution in [1.29, 1.82) is 0 Å². The molecule has 252 valence electrons. The van der Waals surface area contributed by atoms with Gasteiger partial charge in [0.05, 0.1) is 32.2 Å². The minimum Gasteiger partial charge on any atom is -0.494 e. The Morgan fingerprint density at radius 1 is 0.979 bits per heavy atom. The molecule has 0 aliphatic carbocycles. The van der Waals surface area contributed by atoms with Gasteiger partial charge in [-0.1, -0.05) is 47.1 Å².